The Bertz CT molecular complexity index is 69.3. The van der Waals surface area contributed by atoms with Gasteiger partial charge >= 0.3 is 0 Å². The first-order valence-electron chi connectivity index (χ1n) is 2.92. The Morgan fingerprint density at radius 3 is 1.88 bits per heavy atom. The van der Waals surface area contributed by atoms with Crippen LogP contribution in [0.1, 0.15) is 6.92 Å². The molecule has 0 atom stereocenters. The molecule has 0 unspecified atom stereocenters. The van der Waals surface area contributed by atoms with Crippen LogP contribution in [0.3, 0.4) is 0 Å². The summed E-state index contributed by atoms with van der Waals surface area (Å²) < 4.78 is 2.01. The number of hydrogen-bond acceptors (Lipinski definition) is 2. The van der Waals surface area contributed by atoms with Gasteiger partial charge in [0.15, 0.2) is 0 Å². The molecule has 3 heteroatoms. The molecular formula is C5H15NOSi. The highest BCUT2D eigenvalue weighted by Gasteiger charge is 2.21. The predicted molar refractivity (Wildman–Crippen MR) is 38.0 cm³/mol. The molecule has 0 aromatic carbocycles. The van der Waals surface area contributed by atoms with E-state index in [-0.39, 0.29) is 0 Å². The summed E-state index contributed by atoms with van der Waals surface area (Å²) >= 11 is 0. The van der Waals surface area contributed by atoms with E-state index in [0.717, 1.165) is 6.54 Å². The zero-order valence-corrected chi connectivity index (χ0v) is 7.10. The monoisotopic (exact) mass is 133 g/mol. The second-order valence-electron chi connectivity index (χ2n) is 2.51. The van der Waals surface area contributed by atoms with E-state index in [4.69, 9.17) is 0 Å². The molecule has 0 aromatic heterocycles. The summed E-state index contributed by atoms with van der Waals surface area (Å²) in [7, 11) is 0.0233. The molecule has 0 fully saturated rings. The van der Waals surface area contributed by atoms with Crippen LogP contribution in [0, 0.1) is 0 Å². The molecule has 0 saturated heterocycles. The van der Waals surface area contributed by atoms with Gasteiger partial charge in [-0.15, -0.1) is 0 Å². The summed E-state index contributed by atoms with van der Waals surface area (Å²) in [6, 6.07) is 0. The second-order valence-corrected chi connectivity index (χ2v) is 6.26. The SMILES string of the molecule is CCN(C)[Si](C)(C)O. The fourth-order valence-electron chi connectivity index (χ4n) is 0.387. The van der Waals surface area contributed by atoms with Crippen LogP contribution in [0.4, 0.5) is 0 Å². The topological polar surface area (TPSA) is 23.5 Å². The summed E-state index contributed by atoms with van der Waals surface area (Å²) in [6.45, 7) is 6.81. The maximum Gasteiger partial charge on any atom is 0.261 e. The van der Waals surface area contributed by atoms with Gasteiger partial charge in [0.05, 0.1) is 0 Å². The van der Waals surface area contributed by atoms with Gasteiger partial charge in [-0.05, 0) is 26.7 Å². The fourth-order valence-corrected chi connectivity index (χ4v) is 1.16. The smallest absolute Gasteiger partial charge is 0.261 e. The molecule has 0 radical (unpaired) electrons. The van der Waals surface area contributed by atoms with Crippen molar-refractivity contribution in [2.75, 3.05) is 13.6 Å². The van der Waals surface area contributed by atoms with Crippen molar-refractivity contribution in [1.82, 2.24) is 4.57 Å². The van der Waals surface area contributed by atoms with Crippen molar-refractivity contribution in [3.63, 3.8) is 0 Å². The third kappa shape index (κ3) is 2.45. The Hall–Kier alpha value is 0.137. The molecular weight excluding hydrogens is 118 g/mol. The normalized spacial score (nSPS) is 12.8. The predicted octanol–water partition coefficient (Wildman–Crippen LogP) is 0.632. The van der Waals surface area contributed by atoms with Crippen LogP contribution in [0.5, 0.6) is 0 Å². The van der Waals surface area contributed by atoms with Gasteiger partial charge in [-0.25, -0.2) is 0 Å². The zero-order valence-electron chi connectivity index (χ0n) is 6.10. The summed E-state index contributed by atoms with van der Waals surface area (Å²) in [6.07, 6.45) is 0. The molecule has 0 heterocycles. The van der Waals surface area contributed by atoms with Crippen molar-refractivity contribution in [1.29, 1.82) is 0 Å². The molecule has 8 heavy (non-hydrogen) atoms. The van der Waals surface area contributed by atoms with Gasteiger partial charge in [0.25, 0.3) is 8.48 Å². The minimum absolute atomic E-state index is 0.940. The zero-order chi connectivity index (χ0) is 6.78. The fraction of sp³-hybridized carbons (Fsp3) is 1.00. The first-order valence-corrected chi connectivity index (χ1v) is 5.81. The highest BCUT2D eigenvalue weighted by atomic mass is 28.4. The van der Waals surface area contributed by atoms with Crippen molar-refractivity contribution in [3.05, 3.63) is 0 Å². The van der Waals surface area contributed by atoms with Crippen LogP contribution < -0.4 is 0 Å². The quantitative estimate of drug-likeness (QED) is 0.559. The van der Waals surface area contributed by atoms with Gasteiger partial charge in [-0.3, -0.25) is 0 Å². The van der Waals surface area contributed by atoms with Gasteiger partial charge in [-0.1, -0.05) is 6.92 Å². The number of nitrogens with zero attached hydrogens (tertiary/aromatic N) is 1. The van der Waals surface area contributed by atoms with Gasteiger partial charge in [0, 0.05) is 0 Å². The van der Waals surface area contributed by atoms with E-state index in [1.807, 2.05) is 31.6 Å². The van der Waals surface area contributed by atoms with Crippen LogP contribution in [0.2, 0.25) is 13.1 Å². The summed E-state index contributed by atoms with van der Waals surface area (Å²) in [4.78, 5) is 9.35. The van der Waals surface area contributed by atoms with Crippen LogP contribution in [0.25, 0.3) is 0 Å². The van der Waals surface area contributed by atoms with Crippen molar-refractivity contribution in [2.24, 2.45) is 0 Å². The minimum atomic E-state index is -1.93. The van der Waals surface area contributed by atoms with Crippen molar-refractivity contribution in [3.8, 4) is 0 Å². The van der Waals surface area contributed by atoms with E-state index in [9.17, 15) is 4.80 Å². The molecule has 0 saturated carbocycles. The average molecular weight is 133 g/mol. The van der Waals surface area contributed by atoms with Crippen LogP contribution in [-0.2, 0) is 0 Å². The molecule has 0 rings (SSSR count). The summed E-state index contributed by atoms with van der Waals surface area (Å²) in [5, 5.41) is 0. The van der Waals surface area contributed by atoms with Crippen molar-refractivity contribution >= 4 is 8.48 Å². The molecule has 50 valence electrons. The maximum absolute atomic E-state index is 9.35. The first-order chi connectivity index (χ1) is 3.48. The molecule has 0 aromatic rings. The molecule has 0 aliphatic heterocycles. The third-order valence-corrected chi connectivity index (χ3v) is 3.59. The van der Waals surface area contributed by atoms with E-state index in [2.05, 4.69) is 0 Å². The lowest BCUT2D eigenvalue weighted by atomic mass is 10.8. The largest absolute Gasteiger partial charge is 0.419 e. The van der Waals surface area contributed by atoms with E-state index in [0.29, 0.717) is 0 Å². The first kappa shape index (κ1) is 8.14. The highest BCUT2D eigenvalue weighted by molar-refractivity contribution is 6.66. The molecule has 0 amide bonds. The lowest BCUT2D eigenvalue weighted by molar-refractivity contribution is 0.404. The van der Waals surface area contributed by atoms with Gasteiger partial charge in [0.1, 0.15) is 0 Å². The Labute approximate surface area is 52.3 Å². The molecule has 0 bridgehead atoms. The maximum atomic E-state index is 9.35. The van der Waals surface area contributed by atoms with Crippen LogP contribution in [-0.4, -0.2) is 31.4 Å². The minimum Gasteiger partial charge on any atom is -0.419 e. The average Bonchev–Trinajstić information content (AvgIpc) is 1.62. The highest BCUT2D eigenvalue weighted by Crippen LogP contribution is 1.99. The van der Waals surface area contributed by atoms with E-state index in [1.165, 1.54) is 0 Å². The van der Waals surface area contributed by atoms with Gasteiger partial charge in [-0.2, -0.15) is 0 Å². The van der Waals surface area contributed by atoms with E-state index in [1.54, 1.807) is 0 Å². The molecule has 0 spiro atoms. The van der Waals surface area contributed by atoms with Crippen molar-refractivity contribution in [2.45, 2.75) is 20.0 Å². The second kappa shape index (κ2) is 2.62. The van der Waals surface area contributed by atoms with Crippen molar-refractivity contribution < 1.29 is 4.80 Å². The molecule has 2 nitrogen and oxygen atoms in total. The third-order valence-electron chi connectivity index (χ3n) is 1.41. The Morgan fingerprint density at radius 2 is 1.88 bits per heavy atom. The molecule has 0 aliphatic carbocycles. The standard InChI is InChI=1S/C5H15NOSi/c1-5-6(2)8(3,4)7/h7H,5H2,1-4H3. The van der Waals surface area contributed by atoms with E-state index < -0.39 is 8.48 Å². The van der Waals surface area contributed by atoms with E-state index >= 15 is 0 Å². The number of hydrogen-bond donors (Lipinski definition) is 1. The Kier molecular flexibility index (Phi) is 2.66. The van der Waals surface area contributed by atoms with Gasteiger partial charge < -0.3 is 9.36 Å². The summed E-state index contributed by atoms with van der Waals surface area (Å²) in [5.74, 6) is 0. The van der Waals surface area contributed by atoms with Crippen LogP contribution >= 0.6 is 0 Å². The molecule has 0 aliphatic rings. The Balaban J connectivity index is 3.62. The lowest BCUT2D eigenvalue weighted by Gasteiger charge is -2.25. The van der Waals surface area contributed by atoms with Gasteiger partial charge in [0.2, 0.25) is 0 Å². The van der Waals surface area contributed by atoms with Crippen LogP contribution in [0.15, 0.2) is 0 Å². The Morgan fingerprint density at radius 1 is 1.50 bits per heavy atom. The number of rotatable bonds is 2. The summed E-state index contributed by atoms with van der Waals surface area (Å²) in [5.41, 5.74) is 0. The molecule has 1 N–H and O–H groups in total. The lowest BCUT2D eigenvalue weighted by Crippen LogP contribution is -2.45.